The summed E-state index contributed by atoms with van der Waals surface area (Å²) in [7, 11) is 0. The largest absolute Gasteiger partial charge is 0.356 e. The lowest BCUT2D eigenvalue weighted by molar-refractivity contribution is -0.126. The number of piperidine rings is 1. The third-order valence-corrected chi connectivity index (χ3v) is 5.03. The normalized spacial score (nSPS) is 19.3. The third kappa shape index (κ3) is 5.98. The maximum absolute atomic E-state index is 12.5. The molecule has 7 heteroatoms. The van der Waals surface area contributed by atoms with Gasteiger partial charge in [0.15, 0.2) is 0 Å². The number of amides is 4. The van der Waals surface area contributed by atoms with E-state index in [0.717, 1.165) is 24.9 Å². The van der Waals surface area contributed by atoms with Crippen molar-refractivity contribution in [3.8, 4) is 0 Å². The van der Waals surface area contributed by atoms with Gasteiger partial charge in [-0.25, -0.2) is 4.79 Å². The second-order valence-corrected chi connectivity index (χ2v) is 7.51. The lowest BCUT2D eigenvalue weighted by atomic mass is 9.97. The van der Waals surface area contributed by atoms with Crippen LogP contribution in [-0.2, 0) is 16.1 Å². The molecule has 1 aliphatic heterocycles. The first-order valence-corrected chi connectivity index (χ1v) is 9.68. The highest BCUT2D eigenvalue weighted by molar-refractivity contribution is 5.88. The Morgan fingerprint density at radius 1 is 1.15 bits per heavy atom. The molecule has 27 heavy (non-hydrogen) atoms. The standard InChI is InChI=1S/C20H28N4O3/c1-14(25)23-18-6-2-4-16(10-18)12-22-20(27)24-9-3-5-17(13-24)19(26)21-11-15-7-8-15/h2,4,6,10,15,17H,3,5,7-9,11-13H2,1H3,(H,21,26)(H,22,27)(H,23,25)/t17-/m0/s1. The van der Waals surface area contributed by atoms with Crippen LogP contribution in [0.4, 0.5) is 10.5 Å². The lowest BCUT2D eigenvalue weighted by Crippen LogP contribution is -2.48. The second kappa shape index (κ2) is 8.88. The molecule has 3 rings (SSSR count). The van der Waals surface area contributed by atoms with Crippen LogP contribution in [0.5, 0.6) is 0 Å². The van der Waals surface area contributed by atoms with Gasteiger partial charge in [0.2, 0.25) is 11.8 Å². The Kier molecular flexibility index (Phi) is 6.32. The van der Waals surface area contributed by atoms with Crippen molar-refractivity contribution < 1.29 is 14.4 Å². The van der Waals surface area contributed by atoms with Gasteiger partial charge in [-0.3, -0.25) is 9.59 Å². The highest BCUT2D eigenvalue weighted by Crippen LogP contribution is 2.28. The van der Waals surface area contributed by atoms with Crippen molar-refractivity contribution >= 4 is 23.5 Å². The summed E-state index contributed by atoms with van der Waals surface area (Å²) in [5.41, 5.74) is 1.62. The zero-order chi connectivity index (χ0) is 19.2. The van der Waals surface area contributed by atoms with Gasteiger partial charge in [-0.1, -0.05) is 12.1 Å². The van der Waals surface area contributed by atoms with Crippen LogP contribution in [0.15, 0.2) is 24.3 Å². The van der Waals surface area contributed by atoms with Crippen LogP contribution >= 0.6 is 0 Å². The summed E-state index contributed by atoms with van der Waals surface area (Å²) < 4.78 is 0. The number of likely N-dealkylation sites (tertiary alicyclic amines) is 1. The minimum Gasteiger partial charge on any atom is -0.356 e. The molecule has 1 aliphatic carbocycles. The summed E-state index contributed by atoms with van der Waals surface area (Å²) in [4.78, 5) is 37.7. The summed E-state index contributed by atoms with van der Waals surface area (Å²) in [5.74, 6) is 0.481. The van der Waals surface area contributed by atoms with E-state index in [1.54, 1.807) is 4.90 Å². The van der Waals surface area contributed by atoms with Crippen molar-refractivity contribution in [1.29, 1.82) is 0 Å². The van der Waals surface area contributed by atoms with Gasteiger partial charge in [-0.05, 0) is 49.3 Å². The van der Waals surface area contributed by atoms with Crippen LogP contribution in [0.1, 0.15) is 38.2 Å². The number of hydrogen-bond acceptors (Lipinski definition) is 3. The Morgan fingerprint density at radius 3 is 2.70 bits per heavy atom. The average molecular weight is 372 g/mol. The smallest absolute Gasteiger partial charge is 0.317 e. The number of hydrogen-bond donors (Lipinski definition) is 3. The Morgan fingerprint density at radius 2 is 1.96 bits per heavy atom. The van der Waals surface area contributed by atoms with Crippen molar-refractivity contribution in [3.63, 3.8) is 0 Å². The first kappa shape index (κ1) is 19.2. The topological polar surface area (TPSA) is 90.5 Å². The molecule has 4 amide bonds. The average Bonchev–Trinajstić information content (AvgIpc) is 3.48. The van der Waals surface area contributed by atoms with Crippen LogP contribution in [0.25, 0.3) is 0 Å². The fourth-order valence-corrected chi connectivity index (χ4v) is 3.34. The van der Waals surface area contributed by atoms with Gasteiger partial charge in [-0.15, -0.1) is 0 Å². The predicted molar refractivity (Wildman–Crippen MR) is 103 cm³/mol. The second-order valence-electron chi connectivity index (χ2n) is 7.51. The van der Waals surface area contributed by atoms with Gasteiger partial charge < -0.3 is 20.9 Å². The van der Waals surface area contributed by atoms with Crippen LogP contribution in [0.2, 0.25) is 0 Å². The highest BCUT2D eigenvalue weighted by atomic mass is 16.2. The van der Waals surface area contributed by atoms with E-state index in [4.69, 9.17) is 0 Å². The number of carbonyl (C=O) groups is 3. The van der Waals surface area contributed by atoms with E-state index in [1.165, 1.54) is 19.8 Å². The molecule has 3 N–H and O–H groups in total. The number of rotatable bonds is 6. The molecule has 1 heterocycles. The fourth-order valence-electron chi connectivity index (χ4n) is 3.34. The van der Waals surface area contributed by atoms with E-state index < -0.39 is 0 Å². The Hall–Kier alpha value is -2.57. The Bertz CT molecular complexity index is 702. The number of benzene rings is 1. The van der Waals surface area contributed by atoms with Gasteiger partial charge in [0.05, 0.1) is 5.92 Å². The summed E-state index contributed by atoms with van der Waals surface area (Å²) in [6.07, 6.45) is 4.09. The molecule has 0 spiro atoms. The Labute approximate surface area is 159 Å². The molecule has 146 valence electrons. The number of urea groups is 1. The number of nitrogens with one attached hydrogen (secondary N) is 3. The van der Waals surface area contributed by atoms with Crippen molar-refractivity contribution in [3.05, 3.63) is 29.8 Å². The van der Waals surface area contributed by atoms with E-state index in [0.29, 0.717) is 31.2 Å². The maximum Gasteiger partial charge on any atom is 0.317 e. The lowest BCUT2D eigenvalue weighted by Gasteiger charge is -2.32. The molecule has 0 radical (unpaired) electrons. The molecular weight excluding hydrogens is 344 g/mol. The molecule has 1 aromatic carbocycles. The minimum absolute atomic E-state index is 0.0717. The first-order valence-electron chi connectivity index (χ1n) is 9.68. The van der Waals surface area contributed by atoms with E-state index in [2.05, 4.69) is 16.0 Å². The van der Waals surface area contributed by atoms with E-state index in [1.807, 2.05) is 24.3 Å². The SMILES string of the molecule is CC(=O)Nc1cccc(CNC(=O)N2CCC[C@H](C(=O)NCC3CC3)C2)c1. The number of nitrogens with zero attached hydrogens (tertiary/aromatic N) is 1. The molecule has 0 bridgehead atoms. The quantitative estimate of drug-likeness (QED) is 0.714. The molecule has 0 unspecified atom stereocenters. The van der Waals surface area contributed by atoms with Gasteiger partial charge in [0.25, 0.3) is 0 Å². The van der Waals surface area contributed by atoms with Gasteiger partial charge >= 0.3 is 6.03 Å². The molecule has 1 aromatic rings. The zero-order valence-electron chi connectivity index (χ0n) is 15.8. The molecule has 1 saturated heterocycles. The summed E-state index contributed by atoms with van der Waals surface area (Å²) in [6.45, 7) is 3.74. The van der Waals surface area contributed by atoms with Crippen LogP contribution in [0, 0.1) is 11.8 Å². The highest BCUT2D eigenvalue weighted by Gasteiger charge is 2.29. The fraction of sp³-hybridized carbons (Fsp3) is 0.550. The molecule has 2 aliphatic rings. The van der Waals surface area contributed by atoms with E-state index >= 15 is 0 Å². The van der Waals surface area contributed by atoms with Crippen LogP contribution in [0.3, 0.4) is 0 Å². The first-order chi connectivity index (χ1) is 13.0. The van der Waals surface area contributed by atoms with E-state index in [9.17, 15) is 14.4 Å². The molecule has 1 saturated carbocycles. The molecular formula is C20H28N4O3. The number of carbonyl (C=O) groups excluding carboxylic acids is 3. The summed E-state index contributed by atoms with van der Waals surface area (Å²) in [5, 5.41) is 8.67. The van der Waals surface area contributed by atoms with Crippen LogP contribution in [-0.4, -0.2) is 42.4 Å². The third-order valence-electron chi connectivity index (χ3n) is 5.03. The summed E-state index contributed by atoms with van der Waals surface area (Å²) in [6, 6.07) is 7.23. The van der Waals surface area contributed by atoms with Crippen molar-refractivity contribution in [2.75, 3.05) is 25.0 Å². The van der Waals surface area contributed by atoms with Gasteiger partial charge in [0, 0.05) is 38.8 Å². The number of anilines is 1. The predicted octanol–water partition coefficient (Wildman–Crippen LogP) is 2.09. The molecule has 2 fully saturated rings. The molecule has 0 aromatic heterocycles. The molecule has 1 atom stereocenters. The minimum atomic E-state index is -0.153. The monoisotopic (exact) mass is 372 g/mol. The van der Waals surface area contributed by atoms with Crippen molar-refractivity contribution in [2.45, 2.75) is 39.2 Å². The maximum atomic E-state index is 12.5. The van der Waals surface area contributed by atoms with Crippen molar-refractivity contribution in [2.24, 2.45) is 11.8 Å². The summed E-state index contributed by atoms with van der Waals surface area (Å²) >= 11 is 0. The van der Waals surface area contributed by atoms with Crippen LogP contribution < -0.4 is 16.0 Å². The van der Waals surface area contributed by atoms with E-state index in [-0.39, 0.29) is 23.8 Å². The Balaban J connectivity index is 1.47. The van der Waals surface area contributed by atoms with Gasteiger partial charge in [-0.2, -0.15) is 0 Å². The molecule has 7 nitrogen and oxygen atoms in total. The van der Waals surface area contributed by atoms with Gasteiger partial charge in [0.1, 0.15) is 0 Å². The zero-order valence-corrected chi connectivity index (χ0v) is 15.8. The van der Waals surface area contributed by atoms with Crippen molar-refractivity contribution in [1.82, 2.24) is 15.5 Å².